The number of hydrazine groups is 2. The van der Waals surface area contributed by atoms with Crippen LogP contribution in [-0.2, 0) is 9.59 Å². The molecule has 0 bridgehead atoms. The Morgan fingerprint density at radius 2 is 1.71 bits per heavy atom. The third-order valence-corrected chi connectivity index (χ3v) is 1.32. The lowest BCUT2D eigenvalue weighted by Gasteiger charge is -2.10. The molecule has 0 aromatic rings. The minimum atomic E-state index is -2.27. The van der Waals surface area contributed by atoms with Crippen LogP contribution in [0.25, 0.3) is 0 Å². The molecule has 1 rings (SSSR count). The van der Waals surface area contributed by atoms with Crippen LogP contribution >= 0.6 is 0 Å². The van der Waals surface area contributed by atoms with Crippen molar-refractivity contribution in [3.05, 3.63) is 12.4 Å². The highest BCUT2D eigenvalue weighted by Gasteiger charge is 2.29. The van der Waals surface area contributed by atoms with Crippen molar-refractivity contribution in [2.45, 2.75) is 12.2 Å². The van der Waals surface area contributed by atoms with E-state index < -0.39 is 24.1 Å². The molecular formula is C6H11N5O6. The quantitative estimate of drug-likeness (QED) is 0.292. The van der Waals surface area contributed by atoms with Crippen molar-refractivity contribution in [3.63, 3.8) is 0 Å². The lowest BCUT2D eigenvalue weighted by molar-refractivity contribution is -0.165. The van der Waals surface area contributed by atoms with Gasteiger partial charge in [0.2, 0.25) is 0 Å². The molecule has 0 aromatic heterocycles. The monoisotopic (exact) mass is 249 g/mol. The van der Waals surface area contributed by atoms with Crippen LogP contribution in [0, 0.1) is 0 Å². The number of aliphatic hydroxyl groups excluding tert-OH is 2. The number of hydrogen-bond donors (Lipinski definition) is 6. The van der Waals surface area contributed by atoms with Gasteiger partial charge in [-0.05, 0) is 0 Å². The zero-order valence-corrected chi connectivity index (χ0v) is 8.33. The van der Waals surface area contributed by atoms with E-state index in [4.69, 9.17) is 26.3 Å². The van der Waals surface area contributed by atoms with Gasteiger partial charge in [-0.3, -0.25) is 0 Å². The Kier molecular flexibility index (Phi) is 6.17. The number of hydrogen-bond acceptors (Lipinski definition) is 9. The Morgan fingerprint density at radius 3 is 1.88 bits per heavy atom. The number of carboxylic acid groups (broad SMARTS) is 2. The fourth-order valence-corrected chi connectivity index (χ4v) is 0.516. The molecule has 0 radical (unpaired) electrons. The van der Waals surface area contributed by atoms with E-state index >= 15 is 0 Å². The highest BCUT2D eigenvalue weighted by Crippen LogP contribution is 1.92. The van der Waals surface area contributed by atoms with Crippen molar-refractivity contribution in [3.8, 4) is 0 Å². The topological polar surface area (TPSA) is 181 Å². The molecule has 2 unspecified atom stereocenters. The van der Waals surface area contributed by atoms with Gasteiger partial charge in [-0.2, -0.15) is 5.53 Å². The first-order valence-electron chi connectivity index (χ1n) is 4.04. The van der Waals surface area contributed by atoms with Crippen LogP contribution < -0.4 is 11.4 Å². The van der Waals surface area contributed by atoms with E-state index in [1.165, 1.54) is 11.3 Å². The molecule has 2 atom stereocenters. The fraction of sp³-hybridized carbons (Fsp3) is 0.333. The van der Waals surface area contributed by atoms with E-state index in [1.807, 2.05) is 0 Å². The number of nitrogens with two attached hydrogens (primary N) is 1. The Morgan fingerprint density at radius 1 is 1.24 bits per heavy atom. The molecule has 0 saturated heterocycles. The number of rotatable bonds is 3. The first-order chi connectivity index (χ1) is 7.86. The van der Waals surface area contributed by atoms with Gasteiger partial charge in [-0.1, -0.05) is 5.22 Å². The molecule has 96 valence electrons. The zero-order valence-electron chi connectivity index (χ0n) is 8.33. The van der Waals surface area contributed by atoms with Crippen LogP contribution in [0.1, 0.15) is 0 Å². The summed E-state index contributed by atoms with van der Waals surface area (Å²) < 4.78 is 0. The molecule has 11 heteroatoms. The van der Waals surface area contributed by atoms with Crippen LogP contribution in [-0.4, -0.2) is 49.7 Å². The predicted molar refractivity (Wildman–Crippen MR) is 50.4 cm³/mol. The third kappa shape index (κ3) is 6.03. The number of carbonyl (C=O) groups is 2. The smallest absolute Gasteiger partial charge is 0.335 e. The van der Waals surface area contributed by atoms with Gasteiger partial charge in [0.05, 0.1) is 12.4 Å². The summed E-state index contributed by atoms with van der Waals surface area (Å²) in [5, 5.41) is 40.5. The summed E-state index contributed by atoms with van der Waals surface area (Å²) in [4.78, 5) is 19.5. The minimum Gasteiger partial charge on any atom is -0.479 e. The van der Waals surface area contributed by atoms with Gasteiger partial charge in [0, 0.05) is 0 Å². The second kappa shape index (κ2) is 7.10. The van der Waals surface area contributed by atoms with Crippen molar-refractivity contribution in [1.82, 2.24) is 10.7 Å². The van der Waals surface area contributed by atoms with Crippen LogP contribution in [0.2, 0.25) is 0 Å². The van der Waals surface area contributed by atoms with Gasteiger partial charge in [-0.15, -0.1) is 5.11 Å². The normalized spacial score (nSPS) is 16.3. The average molecular weight is 249 g/mol. The van der Waals surface area contributed by atoms with E-state index in [9.17, 15) is 9.59 Å². The number of aliphatic hydroxyl groups is 2. The maximum Gasteiger partial charge on any atom is 0.335 e. The van der Waals surface area contributed by atoms with Crippen molar-refractivity contribution >= 4 is 11.9 Å². The van der Waals surface area contributed by atoms with E-state index in [0.717, 1.165) is 0 Å². The van der Waals surface area contributed by atoms with Gasteiger partial charge in [-0.25, -0.2) is 20.5 Å². The fourth-order valence-electron chi connectivity index (χ4n) is 0.516. The molecule has 7 N–H and O–H groups in total. The Bertz CT molecular complexity index is 313. The molecule has 1 heterocycles. The lowest BCUT2D eigenvalue weighted by atomic mass is 10.2. The molecule has 0 spiro atoms. The minimum absolute atomic E-state index is 1.20. The summed E-state index contributed by atoms with van der Waals surface area (Å²) in [6.07, 6.45) is -1.50. The number of carboxylic acids is 2. The molecule has 0 fully saturated rings. The molecule has 0 aromatic carbocycles. The zero-order chi connectivity index (χ0) is 13.4. The Labute approximate surface area is 94.4 Å². The van der Waals surface area contributed by atoms with E-state index in [2.05, 4.69) is 15.9 Å². The molecule has 0 amide bonds. The van der Waals surface area contributed by atoms with Crippen molar-refractivity contribution in [1.29, 1.82) is 0 Å². The first kappa shape index (κ1) is 14.8. The van der Waals surface area contributed by atoms with Gasteiger partial charge < -0.3 is 20.4 Å². The maximum absolute atomic E-state index is 9.77. The predicted octanol–water partition coefficient (Wildman–Crippen LogP) is -2.60. The average Bonchev–Trinajstić information content (AvgIpc) is 2.28. The summed E-state index contributed by atoms with van der Waals surface area (Å²) in [5.41, 5.74) is 2.36. The van der Waals surface area contributed by atoms with E-state index in [1.54, 1.807) is 6.20 Å². The van der Waals surface area contributed by atoms with Crippen molar-refractivity contribution < 1.29 is 30.0 Å². The molecule has 0 aliphatic carbocycles. The van der Waals surface area contributed by atoms with Gasteiger partial charge >= 0.3 is 11.9 Å². The summed E-state index contributed by atoms with van der Waals surface area (Å²) in [6.45, 7) is 0. The molecular weight excluding hydrogens is 238 g/mol. The van der Waals surface area contributed by atoms with Gasteiger partial charge in [0.25, 0.3) is 0 Å². The summed E-state index contributed by atoms with van der Waals surface area (Å²) in [6, 6.07) is 0. The summed E-state index contributed by atoms with van der Waals surface area (Å²) in [7, 11) is 0. The van der Waals surface area contributed by atoms with Crippen LogP contribution in [0.4, 0.5) is 0 Å². The van der Waals surface area contributed by atoms with E-state index in [-0.39, 0.29) is 0 Å². The summed E-state index contributed by atoms with van der Waals surface area (Å²) >= 11 is 0. The Hall–Kier alpha value is -2.24. The van der Waals surface area contributed by atoms with Crippen LogP contribution in [0.5, 0.6) is 0 Å². The molecule has 0 saturated carbocycles. The third-order valence-electron chi connectivity index (χ3n) is 1.32. The molecule has 1 aliphatic rings. The van der Waals surface area contributed by atoms with Crippen LogP contribution in [0.3, 0.4) is 0 Å². The van der Waals surface area contributed by atoms with Gasteiger partial charge in [0.15, 0.2) is 12.2 Å². The standard InChI is InChI=1S/C4H6O6.C2H5N5/c5-1(3(7)8)2(6)4(9)10;3-7-2-1-4-5-6-7/h1-2,5-6H,(H,7,8)(H,9,10);1-2H,3H2,(H,4,6). The lowest BCUT2D eigenvalue weighted by Crippen LogP contribution is -2.39. The van der Waals surface area contributed by atoms with E-state index in [0.29, 0.717) is 0 Å². The Balaban J connectivity index is 0.000000318. The van der Waals surface area contributed by atoms with Crippen LogP contribution in [0.15, 0.2) is 22.7 Å². The molecule has 17 heavy (non-hydrogen) atoms. The van der Waals surface area contributed by atoms with Crippen molar-refractivity contribution in [2.24, 2.45) is 16.2 Å². The second-order valence-electron chi connectivity index (χ2n) is 2.59. The number of aliphatic carboxylic acids is 2. The number of nitrogens with one attached hydrogen (secondary N) is 1. The molecule has 11 nitrogen and oxygen atoms in total. The largest absolute Gasteiger partial charge is 0.479 e. The first-order valence-corrected chi connectivity index (χ1v) is 4.04. The second-order valence-corrected chi connectivity index (χ2v) is 2.59. The highest BCUT2D eigenvalue weighted by atomic mass is 16.4. The molecule has 1 aliphatic heterocycles. The number of nitrogens with zero attached hydrogens (tertiary/aromatic N) is 3. The highest BCUT2D eigenvalue weighted by molar-refractivity contribution is 5.83. The summed E-state index contributed by atoms with van der Waals surface area (Å²) in [5.74, 6) is 1.58. The SMILES string of the molecule is NN1C=CN=NN1.O=C(O)C(O)C(O)C(=O)O. The van der Waals surface area contributed by atoms with Crippen molar-refractivity contribution in [2.75, 3.05) is 0 Å². The van der Waals surface area contributed by atoms with Gasteiger partial charge in [0.1, 0.15) is 0 Å². The maximum atomic E-state index is 9.77.